The molecule has 0 rings (SSSR count). The molecule has 168 valence electrons. The van der Waals surface area contributed by atoms with Crippen molar-refractivity contribution >= 4 is 17.8 Å². The van der Waals surface area contributed by atoms with Crippen LogP contribution < -0.4 is 29.3 Å². The number of amides is 1. The Balaban J connectivity index is 0. The van der Waals surface area contributed by atoms with Crippen LogP contribution in [0.2, 0.25) is 0 Å². The van der Waals surface area contributed by atoms with Crippen molar-refractivity contribution in [2.75, 3.05) is 26.2 Å². The van der Waals surface area contributed by atoms with Gasteiger partial charge < -0.3 is 29.9 Å². The van der Waals surface area contributed by atoms with Crippen molar-refractivity contribution in [3.05, 3.63) is 12.2 Å². The fourth-order valence-corrected chi connectivity index (χ4v) is 3.91. The van der Waals surface area contributed by atoms with Crippen LogP contribution in [0.1, 0.15) is 65.7 Å². The number of carboxylic acid groups (broad SMARTS) is 2. The summed E-state index contributed by atoms with van der Waals surface area (Å²) < 4.78 is -0.325. The molecule has 9 heteroatoms. The molecule has 0 aliphatic carbocycles. The fourth-order valence-electron chi connectivity index (χ4n) is 3.91. The van der Waals surface area contributed by atoms with Gasteiger partial charge in [-0.05, 0) is 26.2 Å². The second-order valence-electron chi connectivity index (χ2n) is 7.35. The molecule has 0 aliphatic rings. The molecule has 0 aromatic heterocycles. The van der Waals surface area contributed by atoms with E-state index in [4.69, 9.17) is 0 Å². The number of rotatable bonds is 17. The molecular formula is C21H38LiN2O6+. The van der Waals surface area contributed by atoms with Gasteiger partial charge in [0.1, 0.15) is 12.6 Å². The van der Waals surface area contributed by atoms with Crippen LogP contribution in [-0.4, -0.2) is 70.9 Å². The van der Waals surface area contributed by atoms with Gasteiger partial charge in [-0.3, -0.25) is 4.79 Å². The largest absolute Gasteiger partial charge is 1.00 e. The Kier molecular flexibility index (Phi) is 17.9. The summed E-state index contributed by atoms with van der Waals surface area (Å²) in [4.78, 5) is 36.1. The van der Waals surface area contributed by atoms with Gasteiger partial charge in [-0.1, -0.05) is 32.4 Å². The summed E-state index contributed by atoms with van der Waals surface area (Å²) in [5.41, 5.74) is 0. The number of carboxylic acids is 2. The molecule has 0 spiro atoms. The van der Waals surface area contributed by atoms with E-state index in [9.17, 15) is 29.7 Å². The van der Waals surface area contributed by atoms with Crippen LogP contribution in [0.15, 0.2) is 12.2 Å². The molecule has 0 heterocycles. The molecule has 0 aliphatic heterocycles. The Morgan fingerprint density at radius 3 is 2.17 bits per heavy atom. The van der Waals surface area contributed by atoms with Crippen molar-refractivity contribution in [3.63, 3.8) is 0 Å². The van der Waals surface area contributed by atoms with E-state index < -0.39 is 24.0 Å². The van der Waals surface area contributed by atoms with E-state index in [0.717, 1.165) is 6.42 Å². The van der Waals surface area contributed by atoms with Crippen LogP contribution in [-0.2, 0) is 14.4 Å². The maximum Gasteiger partial charge on any atom is 1.00 e. The van der Waals surface area contributed by atoms with Crippen molar-refractivity contribution in [1.82, 2.24) is 5.32 Å². The third kappa shape index (κ3) is 10.1. The summed E-state index contributed by atoms with van der Waals surface area (Å²) in [5.74, 6) is -2.57. The van der Waals surface area contributed by atoms with Crippen molar-refractivity contribution in [2.45, 2.75) is 77.8 Å². The standard InChI is InChI=1S/C21H38N2O6.Li/c1-4-7-8-9-12-19(25)22-13-14-23(15-16-24,17(10-5-2)20(26)27)18(11-6-3)21(28)29;/h4,7,17-18,24H,5-6,8-16H2,1-3H3,(H2-,22,25,26,27,28,29);/q;+1/b7-4+;. The number of nitrogens with one attached hydrogen (secondary N) is 1. The van der Waals surface area contributed by atoms with Gasteiger partial charge in [0.15, 0.2) is 6.04 Å². The SMILES string of the molecule is C/C=C/CCCC(=O)NCC[N+](CCO)(C(CCC)C(=O)[O-])C(CCC)C(=O)O.[Li+]. The summed E-state index contributed by atoms with van der Waals surface area (Å²) in [6.45, 7) is 5.46. The summed E-state index contributed by atoms with van der Waals surface area (Å²) in [7, 11) is 0. The Morgan fingerprint density at radius 2 is 1.70 bits per heavy atom. The second kappa shape index (κ2) is 17.4. The van der Waals surface area contributed by atoms with E-state index in [0.29, 0.717) is 25.7 Å². The Morgan fingerprint density at radius 1 is 1.10 bits per heavy atom. The maximum atomic E-state index is 12.1. The normalized spacial score (nSPS) is 15.1. The molecule has 3 N–H and O–H groups in total. The smallest absolute Gasteiger partial charge is 0.544 e. The van der Waals surface area contributed by atoms with Crippen molar-refractivity contribution in [1.29, 1.82) is 0 Å². The van der Waals surface area contributed by atoms with Gasteiger partial charge in [-0.25, -0.2) is 4.79 Å². The van der Waals surface area contributed by atoms with E-state index in [-0.39, 0.29) is 68.3 Å². The maximum absolute atomic E-state index is 12.1. The van der Waals surface area contributed by atoms with E-state index in [2.05, 4.69) is 5.32 Å². The molecule has 0 radical (unpaired) electrons. The molecule has 30 heavy (non-hydrogen) atoms. The van der Waals surface area contributed by atoms with Gasteiger partial charge >= 0.3 is 24.8 Å². The van der Waals surface area contributed by atoms with Gasteiger partial charge in [-0.15, -0.1) is 0 Å². The number of aliphatic hydroxyl groups excluding tert-OH is 1. The van der Waals surface area contributed by atoms with E-state index in [1.807, 2.05) is 32.9 Å². The predicted molar refractivity (Wildman–Crippen MR) is 109 cm³/mol. The molecule has 0 fully saturated rings. The summed E-state index contributed by atoms with van der Waals surface area (Å²) >= 11 is 0. The minimum Gasteiger partial charge on any atom is -0.544 e. The summed E-state index contributed by atoms with van der Waals surface area (Å²) in [6, 6.07) is -2.06. The second-order valence-corrected chi connectivity index (χ2v) is 7.35. The predicted octanol–water partition coefficient (Wildman–Crippen LogP) is -2.17. The van der Waals surface area contributed by atoms with Crippen LogP contribution in [0.25, 0.3) is 0 Å². The number of nitrogens with zero attached hydrogens (tertiary/aromatic N) is 1. The first kappa shape index (κ1) is 30.9. The zero-order chi connectivity index (χ0) is 22.3. The van der Waals surface area contributed by atoms with Crippen LogP contribution in [0, 0.1) is 0 Å². The molecule has 3 atom stereocenters. The first-order valence-electron chi connectivity index (χ1n) is 10.6. The van der Waals surface area contributed by atoms with Crippen LogP contribution in [0.4, 0.5) is 0 Å². The van der Waals surface area contributed by atoms with E-state index in [1.54, 1.807) is 0 Å². The Hall–Kier alpha value is -1.33. The third-order valence-corrected chi connectivity index (χ3v) is 5.30. The number of hydrogen-bond donors (Lipinski definition) is 3. The number of allylic oxidation sites excluding steroid dienone is 2. The van der Waals surface area contributed by atoms with Crippen LogP contribution in [0.5, 0.6) is 0 Å². The monoisotopic (exact) mass is 421 g/mol. The Bertz CT molecular complexity index is 518. The topological polar surface area (TPSA) is 127 Å². The minimum absolute atomic E-state index is 0. The fraction of sp³-hybridized carbons (Fsp3) is 0.762. The van der Waals surface area contributed by atoms with Crippen molar-refractivity contribution in [2.24, 2.45) is 0 Å². The summed E-state index contributed by atoms with van der Waals surface area (Å²) in [5, 5.41) is 34.2. The molecular weight excluding hydrogens is 383 g/mol. The van der Waals surface area contributed by atoms with Crippen LogP contribution >= 0.6 is 0 Å². The number of hydrogen-bond acceptors (Lipinski definition) is 5. The number of aliphatic carboxylic acids is 2. The molecule has 1 amide bonds. The molecule has 0 saturated carbocycles. The van der Waals surface area contributed by atoms with Gasteiger partial charge in [0.25, 0.3) is 0 Å². The summed E-state index contributed by atoms with van der Waals surface area (Å²) in [6.07, 6.45) is 7.38. The first-order chi connectivity index (χ1) is 13.8. The molecule has 8 nitrogen and oxygen atoms in total. The van der Waals surface area contributed by atoms with Crippen molar-refractivity contribution in [3.8, 4) is 0 Å². The van der Waals surface area contributed by atoms with Crippen molar-refractivity contribution < 1.29 is 53.0 Å². The number of carbonyl (C=O) groups excluding carboxylic acids is 2. The number of quaternary nitrogens is 1. The average molecular weight is 421 g/mol. The third-order valence-electron chi connectivity index (χ3n) is 5.30. The molecule has 0 aromatic carbocycles. The minimum atomic E-state index is -1.32. The van der Waals surface area contributed by atoms with E-state index in [1.165, 1.54) is 0 Å². The Labute approximate surface area is 192 Å². The average Bonchev–Trinajstić information content (AvgIpc) is 2.66. The zero-order valence-corrected chi connectivity index (χ0v) is 19.1. The van der Waals surface area contributed by atoms with Gasteiger partial charge in [-0.2, -0.15) is 0 Å². The van der Waals surface area contributed by atoms with Crippen LogP contribution in [0.3, 0.4) is 0 Å². The van der Waals surface area contributed by atoms with Gasteiger partial charge in [0.2, 0.25) is 5.91 Å². The zero-order valence-electron chi connectivity index (χ0n) is 19.1. The molecule has 0 aromatic rings. The first-order valence-corrected chi connectivity index (χ1v) is 10.6. The quantitative estimate of drug-likeness (QED) is 0.106. The molecule has 0 saturated heterocycles. The number of carbonyl (C=O) groups is 3. The number of unbranched alkanes of at least 4 members (excludes halogenated alkanes) is 1. The molecule has 0 bridgehead atoms. The van der Waals surface area contributed by atoms with Gasteiger partial charge in [0.05, 0.1) is 25.7 Å². The molecule has 3 unspecified atom stereocenters. The van der Waals surface area contributed by atoms with Gasteiger partial charge in [0, 0.05) is 19.3 Å². The number of aliphatic hydroxyl groups is 1. The van der Waals surface area contributed by atoms with E-state index >= 15 is 0 Å².